The van der Waals surface area contributed by atoms with Crippen molar-refractivity contribution in [3.8, 4) is 0 Å². The minimum absolute atomic E-state index is 0.0813. The maximum absolute atomic E-state index is 13.1. The van der Waals surface area contributed by atoms with Crippen LogP contribution in [0, 0.1) is 20.8 Å². The molecule has 0 unspecified atom stereocenters. The Kier molecular flexibility index (Phi) is 6.42. The summed E-state index contributed by atoms with van der Waals surface area (Å²) in [5.74, 6) is -0.355. The van der Waals surface area contributed by atoms with Crippen molar-refractivity contribution in [1.29, 1.82) is 0 Å². The monoisotopic (exact) mass is 463 g/mol. The molecule has 1 amide bonds. The molecule has 172 valence electrons. The van der Waals surface area contributed by atoms with Gasteiger partial charge in [-0.1, -0.05) is 12.1 Å². The summed E-state index contributed by atoms with van der Waals surface area (Å²) in [5, 5.41) is 2.86. The van der Waals surface area contributed by atoms with E-state index in [0.717, 1.165) is 29.9 Å². The summed E-state index contributed by atoms with van der Waals surface area (Å²) < 4.78 is 28.8. The lowest BCUT2D eigenvalue weighted by atomic mass is 10.1. The van der Waals surface area contributed by atoms with Crippen molar-refractivity contribution in [1.82, 2.24) is 0 Å². The van der Waals surface area contributed by atoms with E-state index in [0.29, 0.717) is 16.9 Å². The number of anilines is 3. The van der Waals surface area contributed by atoms with E-state index in [1.807, 2.05) is 44.2 Å². The summed E-state index contributed by atoms with van der Waals surface area (Å²) in [4.78, 5) is 15.3. The first-order chi connectivity index (χ1) is 15.7. The zero-order valence-electron chi connectivity index (χ0n) is 19.2. The minimum Gasteiger partial charge on any atom is -0.372 e. The lowest BCUT2D eigenvalue weighted by Crippen LogP contribution is -2.18. The number of aryl methyl sites for hydroxylation is 3. The molecule has 2 N–H and O–H groups in total. The smallest absolute Gasteiger partial charge is 0.262 e. The highest BCUT2D eigenvalue weighted by atomic mass is 32.2. The van der Waals surface area contributed by atoms with Crippen LogP contribution in [-0.4, -0.2) is 27.4 Å². The second kappa shape index (κ2) is 9.27. The molecule has 0 aromatic heterocycles. The predicted octanol–water partition coefficient (Wildman–Crippen LogP) is 5.27. The molecular weight excluding hydrogens is 434 g/mol. The van der Waals surface area contributed by atoms with Crippen molar-refractivity contribution >= 4 is 33.0 Å². The van der Waals surface area contributed by atoms with Crippen molar-refractivity contribution in [3.05, 3.63) is 82.9 Å². The number of sulfonamides is 1. The van der Waals surface area contributed by atoms with Crippen molar-refractivity contribution in [2.45, 2.75) is 38.5 Å². The van der Waals surface area contributed by atoms with Crippen molar-refractivity contribution < 1.29 is 13.2 Å². The van der Waals surface area contributed by atoms with E-state index in [4.69, 9.17) is 0 Å². The number of nitrogens with one attached hydrogen (secondary N) is 2. The number of amides is 1. The highest BCUT2D eigenvalue weighted by Crippen LogP contribution is 2.24. The number of rotatable bonds is 6. The van der Waals surface area contributed by atoms with Crippen molar-refractivity contribution in [2.24, 2.45) is 0 Å². The topological polar surface area (TPSA) is 78.5 Å². The number of carbonyl (C=O) groups excluding carboxylic acids is 1. The van der Waals surface area contributed by atoms with Crippen LogP contribution >= 0.6 is 0 Å². The lowest BCUT2D eigenvalue weighted by molar-refractivity contribution is 0.102. The van der Waals surface area contributed by atoms with Crippen LogP contribution in [0.3, 0.4) is 0 Å². The molecule has 7 heteroatoms. The average molecular weight is 464 g/mol. The van der Waals surface area contributed by atoms with Crippen molar-refractivity contribution in [3.63, 3.8) is 0 Å². The van der Waals surface area contributed by atoms with Crippen LogP contribution in [0.15, 0.2) is 65.6 Å². The maximum Gasteiger partial charge on any atom is 0.262 e. The molecule has 4 rings (SSSR count). The minimum atomic E-state index is -3.85. The van der Waals surface area contributed by atoms with Crippen LogP contribution in [-0.2, 0) is 10.0 Å². The van der Waals surface area contributed by atoms with Crippen LogP contribution in [0.25, 0.3) is 0 Å². The van der Waals surface area contributed by atoms with Gasteiger partial charge in [0.15, 0.2) is 0 Å². The molecule has 0 radical (unpaired) electrons. The van der Waals surface area contributed by atoms with Gasteiger partial charge in [0.25, 0.3) is 15.9 Å². The summed E-state index contributed by atoms with van der Waals surface area (Å²) in [5.41, 5.74) is 5.23. The molecule has 1 fully saturated rings. The summed E-state index contributed by atoms with van der Waals surface area (Å²) in [7, 11) is -3.85. The van der Waals surface area contributed by atoms with Gasteiger partial charge in [-0.3, -0.25) is 9.52 Å². The predicted molar refractivity (Wildman–Crippen MR) is 134 cm³/mol. The van der Waals surface area contributed by atoms with E-state index in [1.54, 1.807) is 31.2 Å². The van der Waals surface area contributed by atoms with Crippen LogP contribution in [0.2, 0.25) is 0 Å². The van der Waals surface area contributed by atoms with E-state index in [1.165, 1.54) is 18.9 Å². The Morgan fingerprint density at radius 3 is 2.09 bits per heavy atom. The van der Waals surface area contributed by atoms with Crippen LogP contribution in [0.4, 0.5) is 17.1 Å². The van der Waals surface area contributed by atoms with E-state index in [9.17, 15) is 13.2 Å². The maximum atomic E-state index is 13.1. The molecule has 33 heavy (non-hydrogen) atoms. The Hall–Kier alpha value is -3.32. The van der Waals surface area contributed by atoms with Gasteiger partial charge in [0, 0.05) is 35.7 Å². The third-order valence-corrected chi connectivity index (χ3v) is 7.62. The van der Waals surface area contributed by atoms with E-state index in [2.05, 4.69) is 14.9 Å². The molecule has 0 saturated carbocycles. The van der Waals surface area contributed by atoms with Crippen LogP contribution in [0.5, 0.6) is 0 Å². The Morgan fingerprint density at radius 1 is 0.788 bits per heavy atom. The normalized spacial score (nSPS) is 13.7. The quantitative estimate of drug-likeness (QED) is 0.522. The fraction of sp³-hybridized carbons (Fsp3) is 0.269. The molecule has 0 aliphatic carbocycles. The summed E-state index contributed by atoms with van der Waals surface area (Å²) in [6, 6.07) is 17.9. The number of hydrogen-bond donors (Lipinski definition) is 2. The SMILES string of the molecule is Cc1ccc(NS(=O)(=O)c2cc(C(=O)Nc3ccc(N4CCCC4)cc3)ccc2C)cc1C. The second-order valence-electron chi connectivity index (χ2n) is 8.58. The second-order valence-corrected chi connectivity index (χ2v) is 10.2. The Balaban J connectivity index is 1.52. The average Bonchev–Trinajstić information content (AvgIpc) is 3.32. The first kappa shape index (κ1) is 22.9. The van der Waals surface area contributed by atoms with Gasteiger partial charge < -0.3 is 10.2 Å². The van der Waals surface area contributed by atoms with Gasteiger partial charge in [0.2, 0.25) is 0 Å². The largest absolute Gasteiger partial charge is 0.372 e. The molecule has 1 aliphatic rings. The Bertz CT molecular complexity index is 1280. The highest BCUT2D eigenvalue weighted by molar-refractivity contribution is 7.92. The summed E-state index contributed by atoms with van der Waals surface area (Å²) in [6.07, 6.45) is 2.41. The molecule has 0 spiro atoms. The van der Waals surface area contributed by atoms with Gasteiger partial charge in [-0.25, -0.2) is 8.42 Å². The molecule has 3 aromatic carbocycles. The zero-order valence-corrected chi connectivity index (χ0v) is 20.0. The Labute approximate surface area is 195 Å². The van der Waals surface area contributed by atoms with Gasteiger partial charge in [-0.15, -0.1) is 0 Å². The van der Waals surface area contributed by atoms with Crippen LogP contribution in [0.1, 0.15) is 39.9 Å². The number of hydrogen-bond acceptors (Lipinski definition) is 4. The van der Waals surface area contributed by atoms with Gasteiger partial charge in [0.1, 0.15) is 0 Å². The first-order valence-corrected chi connectivity index (χ1v) is 12.6. The third-order valence-electron chi connectivity index (χ3n) is 6.10. The number of nitrogens with zero attached hydrogens (tertiary/aromatic N) is 1. The highest BCUT2D eigenvalue weighted by Gasteiger charge is 2.20. The fourth-order valence-corrected chi connectivity index (χ4v) is 5.30. The van der Waals surface area contributed by atoms with E-state index >= 15 is 0 Å². The third kappa shape index (κ3) is 5.20. The summed E-state index contributed by atoms with van der Waals surface area (Å²) in [6.45, 7) is 7.74. The lowest BCUT2D eigenvalue weighted by Gasteiger charge is -2.18. The first-order valence-electron chi connectivity index (χ1n) is 11.1. The fourth-order valence-electron chi connectivity index (χ4n) is 3.98. The van der Waals surface area contributed by atoms with Gasteiger partial charge in [-0.2, -0.15) is 0 Å². The number of carbonyl (C=O) groups is 1. The zero-order chi connectivity index (χ0) is 23.6. The Morgan fingerprint density at radius 2 is 1.42 bits per heavy atom. The summed E-state index contributed by atoms with van der Waals surface area (Å²) >= 11 is 0. The molecule has 1 aliphatic heterocycles. The number of benzene rings is 3. The van der Waals surface area contributed by atoms with Crippen LogP contribution < -0.4 is 14.9 Å². The molecule has 3 aromatic rings. The van der Waals surface area contributed by atoms with Gasteiger partial charge in [-0.05, 0) is 98.8 Å². The van der Waals surface area contributed by atoms with E-state index < -0.39 is 10.0 Å². The molecular formula is C26H29N3O3S. The van der Waals surface area contributed by atoms with Crippen molar-refractivity contribution in [2.75, 3.05) is 28.0 Å². The molecule has 0 atom stereocenters. The molecule has 1 heterocycles. The molecule has 0 bridgehead atoms. The standard InChI is InChI=1S/C26H29N3O3S/c1-18-7-9-23(16-20(18)3)28-33(31,32)25-17-21(8-6-19(25)2)26(30)27-22-10-12-24(13-11-22)29-14-4-5-15-29/h6-13,16-17,28H,4-5,14-15H2,1-3H3,(H,27,30). The van der Waals surface area contributed by atoms with Gasteiger partial charge >= 0.3 is 0 Å². The molecule has 1 saturated heterocycles. The van der Waals surface area contributed by atoms with Gasteiger partial charge in [0.05, 0.1) is 4.90 Å². The molecule has 6 nitrogen and oxygen atoms in total. The van der Waals surface area contributed by atoms with E-state index in [-0.39, 0.29) is 16.4 Å².